The Morgan fingerprint density at radius 1 is 0.375 bits per heavy atom. The van der Waals surface area contributed by atoms with Crippen molar-refractivity contribution >= 4 is 87.4 Å². The summed E-state index contributed by atoms with van der Waals surface area (Å²) in [5.74, 6) is 0.751. The van der Waals surface area contributed by atoms with Crippen LogP contribution in [-0.2, 0) is 0 Å². The van der Waals surface area contributed by atoms with Gasteiger partial charge in [-0.1, -0.05) is 145 Å². The quantitative estimate of drug-likeness (QED) is 0.174. The maximum atomic E-state index is 9.45. The average Bonchev–Trinajstić information content (AvgIpc) is 4.17. The first-order chi connectivity index (χ1) is 35.1. The van der Waals surface area contributed by atoms with Crippen LogP contribution in [0.1, 0.15) is 11.0 Å². The number of rotatable bonds is 5. The summed E-state index contributed by atoms with van der Waals surface area (Å²) in [7, 11) is 0. The van der Waals surface area contributed by atoms with Crippen molar-refractivity contribution in [3.8, 4) is 39.8 Å². The van der Waals surface area contributed by atoms with Gasteiger partial charge in [-0.2, -0.15) is 0 Å². The number of fused-ring (bicyclic) bond motifs is 12. The van der Waals surface area contributed by atoms with Crippen LogP contribution >= 0.6 is 0 Å². The summed E-state index contributed by atoms with van der Waals surface area (Å²) in [5.41, 5.74) is 7.85. The van der Waals surface area contributed by atoms with Gasteiger partial charge in [0.2, 0.25) is 0 Å². The topological polar surface area (TPSA) is 53.7 Å². The Balaban J connectivity index is 1.18. The predicted octanol–water partition coefficient (Wildman–Crippen LogP) is 15.0. The van der Waals surface area contributed by atoms with Crippen molar-refractivity contribution < 1.29 is 15.4 Å². The molecule has 6 heteroatoms. The monoisotopic (exact) mass is 825 g/mol. The number of benzene rings is 9. The smallest absolute Gasteiger partial charge is 0.166 e. The second kappa shape index (κ2) is 13.4. The van der Waals surface area contributed by atoms with Crippen LogP contribution in [0.3, 0.4) is 0 Å². The summed E-state index contributed by atoms with van der Waals surface area (Å²) in [6.07, 6.45) is 0. The molecular weight excluding hydrogens is 783 g/mol. The molecule has 5 aromatic heterocycles. The van der Waals surface area contributed by atoms with Gasteiger partial charge in [-0.15, -0.1) is 0 Å². The molecule has 0 aliphatic rings. The van der Waals surface area contributed by atoms with E-state index in [1.165, 1.54) is 0 Å². The minimum atomic E-state index is -0.399. The van der Waals surface area contributed by atoms with Gasteiger partial charge < -0.3 is 8.98 Å². The predicted molar refractivity (Wildman–Crippen MR) is 263 cm³/mol. The Labute approximate surface area is 377 Å². The summed E-state index contributed by atoms with van der Waals surface area (Å²) in [6.45, 7) is 0. The van der Waals surface area contributed by atoms with E-state index < -0.39 is 12.1 Å². The first kappa shape index (κ1) is 28.0. The molecule has 298 valence electrons. The molecule has 6 nitrogen and oxygen atoms in total. The van der Waals surface area contributed by atoms with E-state index in [2.05, 4.69) is 41.0 Å². The normalized spacial score (nSPS) is 13.8. The molecular formula is C58H35N5O. The van der Waals surface area contributed by atoms with Crippen molar-refractivity contribution in [2.24, 2.45) is 0 Å². The highest BCUT2D eigenvalue weighted by molar-refractivity contribution is 6.12. The minimum absolute atomic E-state index is 0.186. The van der Waals surface area contributed by atoms with E-state index in [9.17, 15) is 5.48 Å². The van der Waals surface area contributed by atoms with Crippen LogP contribution < -0.4 is 0 Å². The number of aromatic nitrogens is 5. The lowest BCUT2D eigenvalue weighted by atomic mass is 9.96. The second-order valence-corrected chi connectivity index (χ2v) is 15.9. The highest BCUT2D eigenvalue weighted by Crippen LogP contribution is 2.43. The Bertz CT molecular complexity index is 4490. The van der Waals surface area contributed by atoms with Gasteiger partial charge in [-0.3, -0.25) is 9.13 Å². The van der Waals surface area contributed by atoms with E-state index in [-0.39, 0.29) is 64.7 Å². The first-order valence-electron chi connectivity index (χ1n) is 25.0. The zero-order chi connectivity index (χ0) is 48.8. The molecule has 9 aromatic carbocycles. The molecule has 0 aliphatic carbocycles. The molecule has 0 radical (unpaired) electrons. The fourth-order valence-electron chi connectivity index (χ4n) is 9.85. The fourth-order valence-corrected chi connectivity index (χ4v) is 9.85. The fraction of sp³-hybridized carbons (Fsp3) is 0. The van der Waals surface area contributed by atoms with Crippen LogP contribution in [0.5, 0.6) is 0 Å². The number of nitrogens with zero attached hydrogens (tertiary/aromatic N) is 5. The number of para-hydroxylation sites is 7. The molecule has 0 amide bonds. The zero-order valence-corrected chi connectivity index (χ0v) is 33.7. The largest absolute Gasteiger partial charge is 0.456 e. The molecule has 0 atom stereocenters. The first-order valence-corrected chi connectivity index (χ1v) is 21.0. The van der Waals surface area contributed by atoms with E-state index in [0.29, 0.717) is 43.7 Å². The molecule has 0 N–H and O–H groups in total. The van der Waals surface area contributed by atoms with Gasteiger partial charge in [0.05, 0.1) is 55.3 Å². The maximum absolute atomic E-state index is 9.45. The highest BCUT2D eigenvalue weighted by Gasteiger charge is 2.25. The van der Waals surface area contributed by atoms with Gasteiger partial charge in [-0.25, -0.2) is 9.97 Å². The lowest BCUT2D eigenvalue weighted by molar-refractivity contribution is 0.669. The summed E-state index contributed by atoms with van der Waals surface area (Å²) in [6, 6.07) is 50.8. The van der Waals surface area contributed by atoms with E-state index in [1.54, 1.807) is 15.2 Å². The maximum Gasteiger partial charge on any atom is 0.166 e. The van der Waals surface area contributed by atoms with E-state index in [1.807, 2.05) is 121 Å². The van der Waals surface area contributed by atoms with Crippen LogP contribution in [-0.4, -0.2) is 23.7 Å². The summed E-state index contributed by atoms with van der Waals surface area (Å²) < 4.78 is 84.9. The van der Waals surface area contributed by atoms with Crippen LogP contribution in [0.25, 0.3) is 127 Å². The second-order valence-electron chi connectivity index (χ2n) is 15.9. The Morgan fingerprint density at radius 3 is 1.45 bits per heavy atom. The van der Waals surface area contributed by atoms with Gasteiger partial charge in [0.15, 0.2) is 5.82 Å². The van der Waals surface area contributed by atoms with Crippen molar-refractivity contribution in [1.29, 1.82) is 0 Å². The average molecular weight is 826 g/mol. The molecule has 14 aromatic rings. The van der Waals surface area contributed by atoms with Crippen LogP contribution in [0.2, 0.25) is 0 Å². The lowest BCUT2D eigenvalue weighted by Gasteiger charge is -2.19. The Kier molecular flexibility index (Phi) is 5.85. The number of hydrogen-bond donors (Lipinski definition) is 0. The SMILES string of the molecule is [2H]c1c([2H])c([2H])c2c(c1[2H])c1ccccc1n2-c1cc(-n2c3ccccc3c3c([2H])c([2H])c([2H])c([2H])c32)nc(-c2c(-c3ccc4c(c3)oc3ccccc34)cccc2-n2c3ccccc3c3ccccc32)n1. The third kappa shape index (κ3) is 4.96. The molecule has 5 heterocycles. The molecule has 0 fully saturated rings. The van der Waals surface area contributed by atoms with Crippen molar-refractivity contribution in [2.45, 2.75) is 0 Å². The zero-order valence-electron chi connectivity index (χ0n) is 41.7. The molecule has 64 heavy (non-hydrogen) atoms. The molecule has 0 aliphatic heterocycles. The standard InChI is InChI=1S/C58H35N5O/c1-8-24-46-38(16-1)39-17-2-9-25-47(39)61(46)52-30-15-23-37(36-32-33-45-44-22-7-14-31-53(44)64-54(45)34-36)57(52)58-59-55(62-48-26-10-3-18-40(48)41-19-4-11-27-49(41)62)35-56(60-58)63-50-28-12-5-20-42(50)43-21-6-13-29-51(43)63/h1-35H/i3D,5D,10D,12D,18D,20D,26D,28D. The van der Waals surface area contributed by atoms with Gasteiger partial charge in [0.1, 0.15) is 22.8 Å². The number of furan rings is 1. The van der Waals surface area contributed by atoms with Gasteiger partial charge in [0.25, 0.3) is 0 Å². The molecule has 0 unspecified atom stereocenters. The van der Waals surface area contributed by atoms with Crippen molar-refractivity contribution in [3.05, 3.63) is 212 Å². The Hall–Kier alpha value is -8.74. The van der Waals surface area contributed by atoms with Gasteiger partial charge >= 0.3 is 0 Å². The van der Waals surface area contributed by atoms with E-state index in [0.717, 1.165) is 55.0 Å². The van der Waals surface area contributed by atoms with Crippen molar-refractivity contribution in [1.82, 2.24) is 23.7 Å². The minimum Gasteiger partial charge on any atom is -0.456 e. The Morgan fingerprint density at radius 2 is 0.859 bits per heavy atom. The third-order valence-corrected chi connectivity index (χ3v) is 12.5. The van der Waals surface area contributed by atoms with E-state index in [4.69, 9.17) is 19.9 Å². The van der Waals surface area contributed by atoms with Crippen LogP contribution in [0.15, 0.2) is 217 Å². The summed E-state index contributed by atoms with van der Waals surface area (Å²) in [4.78, 5) is 11.0. The highest BCUT2D eigenvalue weighted by atomic mass is 16.3. The lowest BCUT2D eigenvalue weighted by Crippen LogP contribution is -2.08. The molecule has 0 saturated heterocycles. The van der Waals surface area contributed by atoms with Gasteiger partial charge in [-0.05, 0) is 71.7 Å². The van der Waals surface area contributed by atoms with Gasteiger partial charge in [0, 0.05) is 49.2 Å². The summed E-state index contributed by atoms with van der Waals surface area (Å²) >= 11 is 0. The molecule has 0 bridgehead atoms. The van der Waals surface area contributed by atoms with Crippen molar-refractivity contribution in [2.75, 3.05) is 0 Å². The van der Waals surface area contributed by atoms with Crippen molar-refractivity contribution in [3.63, 3.8) is 0 Å². The molecule has 0 saturated carbocycles. The van der Waals surface area contributed by atoms with Crippen LogP contribution in [0, 0.1) is 0 Å². The molecule has 0 spiro atoms. The molecule has 14 rings (SSSR count). The third-order valence-electron chi connectivity index (χ3n) is 12.5. The number of hydrogen-bond acceptors (Lipinski definition) is 3. The summed E-state index contributed by atoms with van der Waals surface area (Å²) in [5, 5.41) is 5.89. The van der Waals surface area contributed by atoms with E-state index >= 15 is 0 Å². The van der Waals surface area contributed by atoms with Crippen LogP contribution in [0.4, 0.5) is 0 Å².